The molecular weight excluding hydrogens is 336 g/mol. The highest BCUT2D eigenvalue weighted by Crippen LogP contribution is 2.38. The highest BCUT2D eigenvalue weighted by molar-refractivity contribution is 9.10. The van der Waals surface area contributed by atoms with E-state index in [-0.39, 0.29) is 6.61 Å². The molecule has 3 rings (SSSR count). The van der Waals surface area contributed by atoms with Crippen molar-refractivity contribution in [1.82, 2.24) is 0 Å². The minimum absolute atomic E-state index is 0.0118. The molecule has 0 saturated carbocycles. The molecule has 0 amide bonds. The molecule has 0 fully saturated rings. The SMILES string of the molecule is O=Cc1sc2cc(CO)ccc2c1-c1ccc(Br)cc1. The number of aliphatic hydroxyl groups is 1. The molecule has 0 radical (unpaired) electrons. The topological polar surface area (TPSA) is 37.3 Å². The van der Waals surface area contributed by atoms with Crippen molar-refractivity contribution in [3.8, 4) is 11.1 Å². The van der Waals surface area contributed by atoms with Gasteiger partial charge in [-0.3, -0.25) is 4.79 Å². The number of carbonyl (C=O) groups is 1. The van der Waals surface area contributed by atoms with Crippen LogP contribution in [0.1, 0.15) is 15.2 Å². The first-order valence-electron chi connectivity index (χ1n) is 6.10. The number of aldehydes is 1. The summed E-state index contributed by atoms with van der Waals surface area (Å²) in [4.78, 5) is 12.1. The molecule has 100 valence electrons. The predicted octanol–water partition coefficient (Wildman–Crippen LogP) is 4.64. The fraction of sp³-hybridized carbons (Fsp3) is 0.0625. The normalized spacial score (nSPS) is 10.9. The van der Waals surface area contributed by atoms with E-state index in [1.54, 1.807) is 0 Å². The maximum absolute atomic E-state index is 11.3. The van der Waals surface area contributed by atoms with E-state index in [9.17, 15) is 9.90 Å². The molecule has 1 N–H and O–H groups in total. The number of benzene rings is 2. The molecule has 2 nitrogen and oxygen atoms in total. The van der Waals surface area contributed by atoms with Gasteiger partial charge in [-0.1, -0.05) is 40.2 Å². The molecule has 0 atom stereocenters. The van der Waals surface area contributed by atoms with Crippen molar-refractivity contribution in [2.75, 3.05) is 0 Å². The molecule has 3 aromatic rings. The Balaban J connectivity index is 2.27. The first kappa shape index (κ1) is 13.5. The second-order valence-corrected chi connectivity index (χ2v) is 6.45. The summed E-state index contributed by atoms with van der Waals surface area (Å²) in [6.45, 7) is 0.0118. The smallest absolute Gasteiger partial charge is 0.160 e. The monoisotopic (exact) mass is 346 g/mol. The largest absolute Gasteiger partial charge is 0.392 e. The van der Waals surface area contributed by atoms with Crippen molar-refractivity contribution in [1.29, 1.82) is 0 Å². The molecule has 0 aliphatic rings. The van der Waals surface area contributed by atoms with Crippen LogP contribution in [0.15, 0.2) is 46.9 Å². The van der Waals surface area contributed by atoms with E-state index in [1.807, 2.05) is 42.5 Å². The zero-order valence-electron chi connectivity index (χ0n) is 10.5. The van der Waals surface area contributed by atoms with Crippen LogP contribution in [-0.2, 0) is 6.61 Å². The van der Waals surface area contributed by atoms with Gasteiger partial charge in [-0.25, -0.2) is 0 Å². The van der Waals surface area contributed by atoms with Crippen molar-refractivity contribution < 1.29 is 9.90 Å². The third-order valence-corrected chi connectivity index (χ3v) is 4.81. The van der Waals surface area contributed by atoms with Crippen LogP contribution in [0.5, 0.6) is 0 Å². The fourth-order valence-corrected chi connectivity index (χ4v) is 3.63. The Morgan fingerprint density at radius 3 is 2.55 bits per heavy atom. The lowest BCUT2D eigenvalue weighted by molar-refractivity contribution is 0.112. The van der Waals surface area contributed by atoms with Crippen LogP contribution in [-0.4, -0.2) is 11.4 Å². The Hall–Kier alpha value is -1.49. The third-order valence-electron chi connectivity index (χ3n) is 3.20. The van der Waals surface area contributed by atoms with Crippen LogP contribution < -0.4 is 0 Å². The molecule has 0 aliphatic heterocycles. The van der Waals surface area contributed by atoms with E-state index in [1.165, 1.54) is 11.3 Å². The van der Waals surface area contributed by atoms with Gasteiger partial charge >= 0.3 is 0 Å². The zero-order chi connectivity index (χ0) is 14.1. The first-order chi connectivity index (χ1) is 9.72. The summed E-state index contributed by atoms with van der Waals surface area (Å²) < 4.78 is 2.03. The van der Waals surface area contributed by atoms with Crippen LogP contribution in [0.4, 0.5) is 0 Å². The van der Waals surface area contributed by atoms with Crippen LogP contribution in [0.25, 0.3) is 21.2 Å². The summed E-state index contributed by atoms with van der Waals surface area (Å²) in [5.74, 6) is 0. The zero-order valence-corrected chi connectivity index (χ0v) is 12.9. The van der Waals surface area contributed by atoms with Crippen molar-refractivity contribution >= 4 is 43.6 Å². The highest BCUT2D eigenvalue weighted by atomic mass is 79.9. The Kier molecular flexibility index (Phi) is 3.70. The molecule has 1 heterocycles. The third kappa shape index (κ3) is 2.30. The second kappa shape index (κ2) is 5.48. The average Bonchev–Trinajstić information content (AvgIpc) is 2.85. The maximum Gasteiger partial charge on any atom is 0.160 e. The van der Waals surface area contributed by atoms with Gasteiger partial charge in [0.05, 0.1) is 11.5 Å². The van der Waals surface area contributed by atoms with Crippen molar-refractivity contribution in [2.45, 2.75) is 6.61 Å². The Bertz CT molecular complexity index is 775. The molecular formula is C16H11BrO2S. The van der Waals surface area contributed by atoms with Crippen LogP contribution in [0.2, 0.25) is 0 Å². The van der Waals surface area contributed by atoms with Gasteiger partial charge in [0, 0.05) is 20.1 Å². The fourth-order valence-electron chi connectivity index (χ4n) is 2.26. The number of rotatable bonds is 3. The summed E-state index contributed by atoms with van der Waals surface area (Å²) in [6.07, 6.45) is 0.903. The number of hydrogen-bond acceptors (Lipinski definition) is 3. The van der Waals surface area contributed by atoms with Gasteiger partial charge in [-0.15, -0.1) is 11.3 Å². The van der Waals surface area contributed by atoms with E-state index in [4.69, 9.17) is 0 Å². The number of fused-ring (bicyclic) bond motifs is 1. The van der Waals surface area contributed by atoms with E-state index in [0.29, 0.717) is 0 Å². The molecule has 0 unspecified atom stereocenters. The van der Waals surface area contributed by atoms with Gasteiger partial charge in [-0.2, -0.15) is 0 Å². The lowest BCUT2D eigenvalue weighted by Gasteiger charge is -2.02. The Morgan fingerprint density at radius 2 is 1.90 bits per heavy atom. The minimum atomic E-state index is 0.0118. The summed E-state index contributed by atoms with van der Waals surface area (Å²) in [7, 11) is 0. The van der Waals surface area contributed by atoms with Crippen molar-refractivity contribution in [3.63, 3.8) is 0 Å². The van der Waals surface area contributed by atoms with Gasteiger partial charge in [-0.05, 0) is 29.3 Å². The van der Waals surface area contributed by atoms with E-state index in [2.05, 4.69) is 15.9 Å². The number of carbonyl (C=O) groups excluding carboxylic acids is 1. The summed E-state index contributed by atoms with van der Waals surface area (Å²) >= 11 is 4.88. The lowest BCUT2D eigenvalue weighted by Crippen LogP contribution is -1.83. The molecule has 0 saturated heterocycles. The van der Waals surface area contributed by atoms with Gasteiger partial charge in [0.2, 0.25) is 0 Å². The van der Waals surface area contributed by atoms with Gasteiger partial charge in [0.1, 0.15) is 0 Å². The van der Waals surface area contributed by atoms with Crippen molar-refractivity contribution in [3.05, 3.63) is 57.4 Å². The molecule has 4 heteroatoms. The number of aliphatic hydroxyl groups excluding tert-OH is 1. The van der Waals surface area contributed by atoms with Gasteiger partial charge in [0.15, 0.2) is 6.29 Å². The highest BCUT2D eigenvalue weighted by Gasteiger charge is 2.13. The van der Waals surface area contributed by atoms with E-state index >= 15 is 0 Å². The quantitative estimate of drug-likeness (QED) is 0.701. The molecule has 20 heavy (non-hydrogen) atoms. The average molecular weight is 347 g/mol. The molecule has 0 spiro atoms. The van der Waals surface area contributed by atoms with E-state index in [0.717, 1.165) is 42.4 Å². The maximum atomic E-state index is 11.3. The Labute approximate surface area is 128 Å². The molecule has 0 bridgehead atoms. The van der Waals surface area contributed by atoms with Gasteiger partial charge < -0.3 is 5.11 Å². The second-order valence-electron chi connectivity index (χ2n) is 4.45. The molecule has 1 aromatic heterocycles. The number of hydrogen-bond donors (Lipinski definition) is 1. The first-order valence-corrected chi connectivity index (χ1v) is 7.71. The minimum Gasteiger partial charge on any atom is -0.392 e. The lowest BCUT2D eigenvalue weighted by atomic mass is 10.0. The van der Waals surface area contributed by atoms with Crippen molar-refractivity contribution in [2.24, 2.45) is 0 Å². The predicted molar refractivity (Wildman–Crippen MR) is 86.3 cm³/mol. The Morgan fingerprint density at radius 1 is 1.15 bits per heavy atom. The molecule has 2 aromatic carbocycles. The number of halogens is 1. The molecule has 0 aliphatic carbocycles. The van der Waals surface area contributed by atoms with Gasteiger partial charge in [0.25, 0.3) is 0 Å². The summed E-state index contributed by atoms with van der Waals surface area (Å²) in [5, 5.41) is 10.3. The summed E-state index contributed by atoms with van der Waals surface area (Å²) in [5.41, 5.74) is 2.86. The van der Waals surface area contributed by atoms with Crippen LogP contribution >= 0.6 is 27.3 Å². The summed E-state index contributed by atoms with van der Waals surface area (Å²) in [6, 6.07) is 13.7. The van der Waals surface area contributed by atoms with E-state index < -0.39 is 0 Å². The van der Waals surface area contributed by atoms with Crippen LogP contribution in [0.3, 0.4) is 0 Å². The standard InChI is InChI=1S/C16H11BrO2S/c17-12-4-2-11(3-5-12)16-13-6-1-10(8-18)7-14(13)20-15(16)9-19/h1-7,9,18H,8H2. The number of thiophene rings is 1. The van der Waals surface area contributed by atoms with Crippen LogP contribution in [0, 0.1) is 0 Å².